The number of rotatable bonds is 6. The minimum Gasteiger partial charge on any atom is -0.468 e. The highest BCUT2D eigenvalue weighted by Gasteiger charge is 2.14. The first-order valence-corrected chi connectivity index (χ1v) is 5.91. The molecule has 0 unspecified atom stereocenters. The first kappa shape index (κ1) is 13.5. The van der Waals surface area contributed by atoms with E-state index in [1.54, 1.807) is 6.20 Å². The lowest BCUT2D eigenvalue weighted by molar-refractivity contribution is -0.138. The van der Waals surface area contributed by atoms with Crippen LogP contribution in [0.25, 0.3) is 0 Å². The number of aromatic nitrogens is 2. The van der Waals surface area contributed by atoms with Crippen molar-refractivity contribution in [2.45, 2.75) is 27.3 Å². The number of carbonyl (C=O) groups excluding carboxylic acids is 1. The first-order chi connectivity index (χ1) is 8.06. The number of carbonyl (C=O) groups is 1. The third-order valence-corrected chi connectivity index (χ3v) is 2.44. The Labute approximate surface area is 102 Å². The van der Waals surface area contributed by atoms with Crippen LogP contribution in [-0.4, -0.2) is 35.9 Å². The lowest BCUT2D eigenvalue weighted by atomic mass is 10.2. The highest BCUT2D eigenvalue weighted by molar-refractivity contribution is 5.75. The van der Waals surface area contributed by atoms with Crippen LogP contribution in [0.3, 0.4) is 0 Å². The van der Waals surface area contributed by atoms with E-state index in [0.717, 1.165) is 18.8 Å². The zero-order chi connectivity index (χ0) is 12.8. The van der Waals surface area contributed by atoms with Crippen molar-refractivity contribution in [2.75, 3.05) is 25.1 Å². The zero-order valence-electron chi connectivity index (χ0n) is 11.0. The molecule has 0 aromatic carbocycles. The van der Waals surface area contributed by atoms with E-state index in [0.29, 0.717) is 5.92 Å². The zero-order valence-corrected chi connectivity index (χ0v) is 11.0. The second kappa shape index (κ2) is 6.27. The van der Waals surface area contributed by atoms with Crippen LogP contribution in [0.2, 0.25) is 0 Å². The number of aryl methyl sites for hydroxylation is 1. The van der Waals surface area contributed by atoms with Gasteiger partial charge >= 0.3 is 5.97 Å². The minimum atomic E-state index is -0.227. The molecule has 1 aromatic heterocycles. The van der Waals surface area contributed by atoms with Crippen molar-refractivity contribution in [3.05, 3.63) is 12.4 Å². The Balaban J connectivity index is 2.77. The summed E-state index contributed by atoms with van der Waals surface area (Å²) in [7, 11) is 1.41. The molecule has 0 fully saturated rings. The lowest BCUT2D eigenvalue weighted by Crippen LogP contribution is -2.33. The van der Waals surface area contributed by atoms with Crippen LogP contribution in [0.4, 0.5) is 5.69 Å². The summed E-state index contributed by atoms with van der Waals surface area (Å²) in [4.78, 5) is 13.4. The molecule has 1 heterocycles. The van der Waals surface area contributed by atoms with Crippen LogP contribution in [0.1, 0.15) is 20.8 Å². The van der Waals surface area contributed by atoms with Gasteiger partial charge in [-0.05, 0) is 12.8 Å². The normalized spacial score (nSPS) is 10.6. The van der Waals surface area contributed by atoms with Gasteiger partial charge in [0.05, 0.1) is 19.0 Å². The molecule has 0 saturated carbocycles. The fourth-order valence-electron chi connectivity index (χ4n) is 1.61. The largest absolute Gasteiger partial charge is 0.468 e. The summed E-state index contributed by atoms with van der Waals surface area (Å²) in [6.07, 6.45) is 3.74. The van der Waals surface area contributed by atoms with Crippen LogP contribution in [-0.2, 0) is 16.1 Å². The van der Waals surface area contributed by atoms with Gasteiger partial charge in [0, 0.05) is 19.3 Å². The second-order valence-corrected chi connectivity index (χ2v) is 4.40. The number of anilines is 1. The predicted molar refractivity (Wildman–Crippen MR) is 67.0 cm³/mol. The van der Waals surface area contributed by atoms with Gasteiger partial charge < -0.3 is 9.64 Å². The van der Waals surface area contributed by atoms with E-state index in [1.165, 1.54) is 7.11 Å². The topological polar surface area (TPSA) is 47.4 Å². The van der Waals surface area contributed by atoms with Gasteiger partial charge in [-0.3, -0.25) is 9.48 Å². The minimum absolute atomic E-state index is 0.227. The molecule has 0 aliphatic heterocycles. The Hall–Kier alpha value is -1.52. The van der Waals surface area contributed by atoms with Crippen LogP contribution in [0.15, 0.2) is 12.4 Å². The summed E-state index contributed by atoms with van der Waals surface area (Å²) in [6.45, 7) is 8.18. The molecule has 17 heavy (non-hydrogen) atoms. The number of methoxy groups -OCH3 is 1. The van der Waals surface area contributed by atoms with Gasteiger partial charge in [-0.1, -0.05) is 13.8 Å². The van der Waals surface area contributed by atoms with Gasteiger partial charge in [0.2, 0.25) is 0 Å². The molecule has 0 amide bonds. The van der Waals surface area contributed by atoms with Crippen molar-refractivity contribution in [1.82, 2.24) is 9.78 Å². The van der Waals surface area contributed by atoms with Gasteiger partial charge in [0.15, 0.2) is 0 Å². The number of hydrogen-bond acceptors (Lipinski definition) is 4. The molecule has 0 bridgehead atoms. The van der Waals surface area contributed by atoms with E-state index in [1.807, 2.05) is 22.7 Å². The Morgan fingerprint density at radius 3 is 2.76 bits per heavy atom. The predicted octanol–water partition coefficient (Wildman–Crippen LogP) is 1.54. The molecule has 1 rings (SSSR count). The maximum absolute atomic E-state index is 11.4. The maximum atomic E-state index is 11.4. The van der Waals surface area contributed by atoms with E-state index in [4.69, 9.17) is 4.74 Å². The summed E-state index contributed by atoms with van der Waals surface area (Å²) in [5.74, 6) is 0.250. The third-order valence-electron chi connectivity index (χ3n) is 2.44. The van der Waals surface area contributed by atoms with Crippen LogP contribution >= 0.6 is 0 Å². The molecule has 1 aromatic rings. The SMILES string of the molecule is CCn1cc(N(CC(=O)OC)CC(C)C)cn1. The number of ether oxygens (including phenoxy) is 1. The van der Waals surface area contributed by atoms with E-state index >= 15 is 0 Å². The second-order valence-electron chi connectivity index (χ2n) is 4.40. The van der Waals surface area contributed by atoms with E-state index in [9.17, 15) is 4.79 Å². The Morgan fingerprint density at radius 1 is 1.59 bits per heavy atom. The fourth-order valence-corrected chi connectivity index (χ4v) is 1.61. The summed E-state index contributed by atoms with van der Waals surface area (Å²) >= 11 is 0. The van der Waals surface area contributed by atoms with Crippen molar-refractivity contribution in [1.29, 1.82) is 0 Å². The first-order valence-electron chi connectivity index (χ1n) is 5.91. The molecule has 5 heteroatoms. The monoisotopic (exact) mass is 239 g/mol. The average molecular weight is 239 g/mol. The van der Waals surface area contributed by atoms with E-state index in [-0.39, 0.29) is 12.5 Å². The number of nitrogens with zero attached hydrogens (tertiary/aromatic N) is 3. The molecular formula is C12H21N3O2. The van der Waals surface area contributed by atoms with E-state index in [2.05, 4.69) is 18.9 Å². The molecule has 0 radical (unpaired) electrons. The molecule has 0 atom stereocenters. The molecule has 96 valence electrons. The average Bonchev–Trinajstić information content (AvgIpc) is 2.75. The summed E-state index contributed by atoms with van der Waals surface area (Å²) in [5.41, 5.74) is 0.964. The van der Waals surface area contributed by atoms with Crippen LogP contribution in [0, 0.1) is 5.92 Å². The Kier molecular flexibility index (Phi) is 5.00. The van der Waals surface area contributed by atoms with Gasteiger partial charge in [0.1, 0.15) is 6.54 Å². The fraction of sp³-hybridized carbons (Fsp3) is 0.667. The van der Waals surface area contributed by atoms with Crippen molar-refractivity contribution >= 4 is 11.7 Å². The lowest BCUT2D eigenvalue weighted by Gasteiger charge is -2.23. The number of esters is 1. The van der Waals surface area contributed by atoms with Crippen molar-refractivity contribution in [3.8, 4) is 0 Å². The molecule has 0 spiro atoms. The molecule has 0 aliphatic rings. The Bertz CT molecular complexity index is 360. The van der Waals surface area contributed by atoms with Gasteiger partial charge in [-0.15, -0.1) is 0 Å². The molecular weight excluding hydrogens is 218 g/mol. The molecule has 0 saturated heterocycles. The smallest absolute Gasteiger partial charge is 0.325 e. The molecule has 0 aliphatic carbocycles. The summed E-state index contributed by atoms with van der Waals surface area (Å²) < 4.78 is 6.56. The van der Waals surface area contributed by atoms with Gasteiger partial charge in [-0.25, -0.2) is 0 Å². The maximum Gasteiger partial charge on any atom is 0.325 e. The van der Waals surface area contributed by atoms with Crippen molar-refractivity contribution < 1.29 is 9.53 Å². The highest BCUT2D eigenvalue weighted by Crippen LogP contribution is 2.14. The Morgan fingerprint density at radius 2 is 2.29 bits per heavy atom. The highest BCUT2D eigenvalue weighted by atomic mass is 16.5. The van der Waals surface area contributed by atoms with Crippen LogP contribution in [0.5, 0.6) is 0 Å². The third kappa shape index (κ3) is 4.09. The quantitative estimate of drug-likeness (QED) is 0.706. The van der Waals surface area contributed by atoms with Crippen molar-refractivity contribution in [2.24, 2.45) is 5.92 Å². The summed E-state index contributed by atoms with van der Waals surface area (Å²) in [5, 5.41) is 4.22. The molecule has 0 N–H and O–H groups in total. The molecule has 5 nitrogen and oxygen atoms in total. The summed E-state index contributed by atoms with van der Waals surface area (Å²) in [6, 6.07) is 0. The van der Waals surface area contributed by atoms with Gasteiger partial charge in [0.25, 0.3) is 0 Å². The van der Waals surface area contributed by atoms with Gasteiger partial charge in [-0.2, -0.15) is 5.10 Å². The van der Waals surface area contributed by atoms with E-state index < -0.39 is 0 Å². The number of hydrogen-bond donors (Lipinski definition) is 0. The standard InChI is InChI=1S/C12H21N3O2/c1-5-15-8-11(6-13-15)14(7-10(2)3)9-12(16)17-4/h6,8,10H,5,7,9H2,1-4H3. The van der Waals surface area contributed by atoms with Crippen LogP contribution < -0.4 is 4.90 Å². The van der Waals surface area contributed by atoms with Crippen molar-refractivity contribution in [3.63, 3.8) is 0 Å².